The maximum Gasteiger partial charge on any atom is 0.295 e. The summed E-state index contributed by atoms with van der Waals surface area (Å²) in [7, 11) is -1.59. The zero-order valence-electron chi connectivity index (χ0n) is 15.6. The van der Waals surface area contributed by atoms with Crippen LogP contribution in [-0.4, -0.2) is 38.1 Å². The summed E-state index contributed by atoms with van der Waals surface area (Å²) in [5.41, 5.74) is 1.47. The normalized spacial score (nSPS) is 15.7. The van der Waals surface area contributed by atoms with Crippen LogP contribution in [0.3, 0.4) is 0 Å². The fourth-order valence-corrected chi connectivity index (χ4v) is 3.74. The molecule has 0 spiro atoms. The van der Waals surface area contributed by atoms with E-state index >= 15 is 0 Å². The van der Waals surface area contributed by atoms with Crippen LogP contribution in [0.2, 0.25) is 0 Å². The van der Waals surface area contributed by atoms with Gasteiger partial charge in [0.05, 0.1) is 14.2 Å². The Morgan fingerprint density at radius 1 is 0.966 bits per heavy atom. The molecule has 0 amide bonds. The Balaban J connectivity index is 2.38. The number of aliphatic hydroxyl groups excluding tert-OH is 1. The minimum Gasteiger partial charge on any atom is -0.504 e. The lowest BCUT2D eigenvalue weighted by Gasteiger charge is -2.18. The van der Waals surface area contributed by atoms with Crippen LogP contribution in [0.1, 0.15) is 11.1 Å². The number of hydrogen-bond donors (Lipinski definition) is 2. The Kier molecular flexibility index (Phi) is 5.58. The van der Waals surface area contributed by atoms with Crippen LogP contribution < -0.4 is 9.47 Å². The number of hydrogen-bond acceptors (Lipinski definition) is 6. The molecule has 0 bridgehead atoms. The van der Waals surface area contributed by atoms with Crippen molar-refractivity contribution in [3.05, 3.63) is 83.2 Å². The van der Waals surface area contributed by atoms with Crippen LogP contribution in [-0.2, 0) is 14.9 Å². The smallest absolute Gasteiger partial charge is 0.295 e. The van der Waals surface area contributed by atoms with Gasteiger partial charge in [0.2, 0.25) is 5.78 Å². The van der Waals surface area contributed by atoms with E-state index in [0.717, 1.165) is 0 Å². The Bertz CT molecular complexity index is 1170. The van der Waals surface area contributed by atoms with Gasteiger partial charge in [-0.2, -0.15) is 8.42 Å². The van der Waals surface area contributed by atoms with Gasteiger partial charge in [-0.15, -0.1) is 0 Å². The fourth-order valence-electron chi connectivity index (χ4n) is 3.04. The van der Waals surface area contributed by atoms with Crippen molar-refractivity contribution in [1.29, 1.82) is 0 Å². The van der Waals surface area contributed by atoms with E-state index < -0.39 is 21.7 Å². The number of carbonyl (C=O) groups is 1. The van der Waals surface area contributed by atoms with Crippen LogP contribution in [0.25, 0.3) is 5.57 Å². The zero-order chi connectivity index (χ0) is 21.2. The highest BCUT2D eigenvalue weighted by atomic mass is 32.2. The van der Waals surface area contributed by atoms with E-state index in [9.17, 15) is 22.9 Å². The number of methoxy groups -OCH3 is 2. The lowest BCUT2D eigenvalue weighted by Crippen LogP contribution is -2.07. The zero-order valence-corrected chi connectivity index (χ0v) is 16.4. The number of carbonyl (C=O) groups excluding carboxylic acids is 1. The Labute approximate surface area is 168 Å². The molecule has 29 heavy (non-hydrogen) atoms. The summed E-state index contributed by atoms with van der Waals surface area (Å²) in [6.07, 6.45) is 3.89. The molecule has 0 saturated carbocycles. The molecular weight excluding hydrogens is 396 g/mol. The molecule has 0 unspecified atom stereocenters. The molecule has 2 aromatic carbocycles. The van der Waals surface area contributed by atoms with Crippen LogP contribution in [0.5, 0.6) is 11.5 Å². The van der Waals surface area contributed by atoms with E-state index in [0.29, 0.717) is 28.2 Å². The number of aliphatic hydroxyl groups is 1. The molecule has 0 heterocycles. The lowest BCUT2D eigenvalue weighted by molar-refractivity contribution is -0.113. The highest BCUT2D eigenvalue weighted by molar-refractivity contribution is 7.86. The molecule has 2 N–H and O–H groups in total. The summed E-state index contributed by atoms with van der Waals surface area (Å²) < 4.78 is 44.2. The molecule has 7 nitrogen and oxygen atoms in total. The molecule has 0 fully saturated rings. The van der Waals surface area contributed by atoms with Crippen LogP contribution in [0.15, 0.2) is 76.9 Å². The van der Waals surface area contributed by atoms with Gasteiger partial charge in [0, 0.05) is 5.56 Å². The molecule has 1 aliphatic carbocycles. The van der Waals surface area contributed by atoms with E-state index in [4.69, 9.17) is 9.47 Å². The Hall–Kier alpha value is -3.36. The van der Waals surface area contributed by atoms with Crippen molar-refractivity contribution in [2.75, 3.05) is 14.2 Å². The first-order chi connectivity index (χ1) is 13.8. The standard InChI is InChI=1S/C21H18O7S/c1-27-18-10-8-14(12-19(18)28-2)21(13-7-9-16(22)17(23)11-13)15-5-3-4-6-20(15)29(24,25)26/h3-12,23H,1-2H3,(H,24,25,26)/b21-13-. The maximum absolute atomic E-state index is 12.0. The van der Waals surface area contributed by atoms with Crippen molar-refractivity contribution >= 4 is 21.5 Å². The van der Waals surface area contributed by atoms with Gasteiger partial charge in [0.25, 0.3) is 10.1 Å². The van der Waals surface area contributed by atoms with Gasteiger partial charge >= 0.3 is 0 Å². The molecule has 0 atom stereocenters. The molecule has 8 heteroatoms. The predicted molar refractivity (Wildman–Crippen MR) is 107 cm³/mol. The van der Waals surface area contributed by atoms with Crippen molar-refractivity contribution in [3.8, 4) is 11.5 Å². The molecule has 0 radical (unpaired) electrons. The summed E-state index contributed by atoms with van der Waals surface area (Å²) >= 11 is 0. The topological polar surface area (TPSA) is 110 Å². The second-order valence-electron chi connectivity index (χ2n) is 6.10. The van der Waals surface area contributed by atoms with Gasteiger partial charge in [-0.1, -0.05) is 30.3 Å². The molecule has 3 rings (SSSR count). The summed E-state index contributed by atoms with van der Waals surface area (Å²) in [4.78, 5) is 11.3. The third-order valence-electron chi connectivity index (χ3n) is 4.35. The number of benzene rings is 2. The highest BCUT2D eigenvalue weighted by Gasteiger charge is 2.23. The summed E-state index contributed by atoms with van der Waals surface area (Å²) in [6.45, 7) is 0. The monoisotopic (exact) mass is 414 g/mol. The highest BCUT2D eigenvalue weighted by Crippen LogP contribution is 2.38. The van der Waals surface area contributed by atoms with E-state index in [1.54, 1.807) is 24.3 Å². The van der Waals surface area contributed by atoms with Crippen LogP contribution in [0.4, 0.5) is 0 Å². The maximum atomic E-state index is 12.0. The minimum atomic E-state index is -4.54. The molecule has 2 aromatic rings. The Morgan fingerprint density at radius 3 is 2.28 bits per heavy atom. The SMILES string of the molecule is COc1ccc(/C(=C2\C=CC(=O)C(O)=C2)c2ccccc2S(=O)(=O)O)cc1OC. The van der Waals surface area contributed by atoms with E-state index in [-0.39, 0.29) is 10.5 Å². The van der Waals surface area contributed by atoms with E-state index in [1.807, 2.05) is 0 Å². The third-order valence-corrected chi connectivity index (χ3v) is 5.27. The van der Waals surface area contributed by atoms with Crippen molar-refractivity contribution in [2.24, 2.45) is 0 Å². The number of allylic oxidation sites excluding steroid dienone is 4. The molecule has 0 aliphatic heterocycles. The molecule has 1 aliphatic rings. The summed E-state index contributed by atoms with van der Waals surface area (Å²) in [5.74, 6) is -0.179. The average Bonchev–Trinajstić information content (AvgIpc) is 2.70. The molecular formula is C21H18O7S. The van der Waals surface area contributed by atoms with Gasteiger partial charge in [-0.25, -0.2) is 0 Å². The van der Waals surface area contributed by atoms with Crippen LogP contribution >= 0.6 is 0 Å². The number of ether oxygens (including phenoxy) is 2. The van der Waals surface area contributed by atoms with Gasteiger partial charge in [-0.3, -0.25) is 9.35 Å². The first kappa shape index (κ1) is 20.4. The van der Waals surface area contributed by atoms with Gasteiger partial charge < -0.3 is 14.6 Å². The molecule has 150 valence electrons. The van der Waals surface area contributed by atoms with Crippen molar-refractivity contribution < 1.29 is 32.3 Å². The summed E-state index contributed by atoms with van der Waals surface area (Å²) in [6, 6.07) is 10.9. The third kappa shape index (κ3) is 4.08. The molecule has 0 saturated heterocycles. The fraction of sp³-hybridized carbons (Fsp3) is 0.0952. The van der Waals surface area contributed by atoms with Crippen molar-refractivity contribution in [1.82, 2.24) is 0 Å². The average molecular weight is 414 g/mol. The minimum absolute atomic E-state index is 0.195. The van der Waals surface area contributed by atoms with E-state index in [1.165, 1.54) is 50.6 Å². The first-order valence-corrected chi connectivity index (χ1v) is 9.87. The largest absolute Gasteiger partial charge is 0.504 e. The first-order valence-electron chi connectivity index (χ1n) is 8.43. The molecule has 0 aromatic heterocycles. The van der Waals surface area contributed by atoms with Crippen LogP contribution in [0, 0.1) is 0 Å². The number of rotatable bonds is 5. The second kappa shape index (κ2) is 7.94. The quantitative estimate of drug-likeness (QED) is 0.722. The van der Waals surface area contributed by atoms with E-state index in [2.05, 4.69) is 0 Å². The van der Waals surface area contributed by atoms with Crippen molar-refractivity contribution in [2.45, 2.75) is 4.90 Å². The Morgan fingerprint density at radius 2 is 1.66 bits per heavy atom. The van der Waals surface area contributed by atoms with Gasteiger partial charge in [-0.05, 0) is 47.1 Å². The van der Waals surface area contributed by atoms with Gasteiger partial charge in [0.1, 0.15) is 4.90 Å². The summed E-state index contributed by atoms with van der Waals surface area (Å²) in [5, 5.41) is 9.92. The lowest BCUT2D eigenvalue weighted by atomic mass is 9.90. The predicted octanol–water partition coefficient (Wildman–Crippen LogP) is 3.33. The van der Waals surface area contributed by atoms with Gasteiger partial charge in [0.15, 0.2) is 17.3 Å². The number of ketones is 1. The van der Waals surface area contributed by atoms with Crippen molar-refractivity contribution in [3.63, 3.8) is 0 Å². The second-order valence-corrected chi connectivity index (χ2v) is 7.49.